The molecule has 1 aliphatic rings. The van der Waals surface area contributed by atoms with Crippen LogP contribution in [0.3, 0.4) is 0 Å². The lowest BCUT2D eigenvalue weighted by Gasteiger charge is -2.41. The summed E-state index contributed by atoms with van der Waals surface area (Å²) in [4.78, 5) is 27.8. The van der Waals surface area contributed by atoms with Crippen molar-refractivity contribution in [2.45, 2.75) is 33.2 Å². The summed E-state index contributed by atoms with van der Waals surface area (Å²) >= 11 is 0. The predicted molar refractivity (Wildman–Crippen MR) is 98.6 cm³/mol. The molecule has 1 heterocycles. The Morgan fingerprint density at radius 3 is 2.38 bits per heavy atom. The van der Waals surface area contributed by atoms with Crippen molar-refractivity contribution < 1.29 is 19.1 Å². The fourth-order valence-electron chi connectivity index (χ4n) is 3.32. The van der Waals surface area contributed by atoms with Crippen molar-refractivity contribution >= 4 is 23.4 Å². The maximum Gasteiger partial charge on any atom is 0.412 e. The number of rotatable bonds is 2. The number of carboxylic acid groups (broad SMARTS) is 1. The Hall–Kier alpha value is -2.89. The van der Waals surface area contributed by atoms with E-state index >= 15 is 0 Å². The number of hydrogen-bond donors (Lipinski definition) is 1. The molecule has 0 saturated carbocycles. The molecule has 0 spiro atoms. The van der Waals surface area contributed by atoms with E-state index in [1.165, 1.54) is 23.1 Å². The van der Waals surface area contributed by atoms with Gasteiger partial charge in [-0.05, 0) is 61.7 Å². The van der Waals surface area contributed by atoms with Crippen molar-refractivity contribution in [3.63, 3.8) is 0 Å². The van der Waals surface area contributed by atoms with E-state index in [2.05, 4.69) is 0 Å². The molecule has 1 N–H and O–H groups in total. The molecule has 0 aliphatic carbocycles. The maximum atomic E-state index is 13.6. The second-order valence-electron chi connectivity index (χ2n) is 6.57. The van der Waals surface area contributed by atoms with Gasteiger partial charge in [-0.1, -0.05) is 13.0 Å². The Morgan fingerprint density at radius 1 is 1.15 bits per heavy atom. The van der Waals surface area contributed by atoms with Crippen molar-refractivity contribution in [1.29, 1.82) is 0 Å². The number of halogens is 1. The zero-order chi connectivity index (χ0) is 19.0. The summed E-state index contributed by atoms with van der Waals surface area (Å²) in [5.74, 6) is -0.815. The third-order valence-electron chi connectivity index (χ3n) is 4.89. The van der Waals surface area contributed by atoms with Crippen molar-refractivity contribution in [2.24, 2.45) is 0 Å². The van der Waals surface area contributed by atoms with Crippen LogP contribution in [-0.4, -0.2) is 29.7 Å². The summed E-state index contributed by atoms with van der Waals surface area (Å²) < 4.78 is 13.6. The molecule has 0 fully saturated rings. The van der Waals surface area contributed by atoms with E-state index < -0.39 is 11.9 Å². The van der Waals surface area contributed by atoms with Crippen molar-refractivity contribution in [1.82, 2.24) is 0 Å². The minimum Gasteiger partial charge on any atom is -0.465 e. The number of aryl methyl sites for hydroxylation is 2. The molecule has 0 bridgehead atoms. The molecule has 0 saturated heterocycles. The first-order valence-electron chi connectivity index (χ1n) is 8.54. The lowest BCUT2D eigenvalue weighted by atomic mass is 9.99. The van der Waals surface area contributed by atoms with Crippen LogP contribution in [0.2, 0.25) is 0 Å². The summed E-state index contributed by atoms with van der Waals surface area (Å²) in [6.45, 7) is 5.94. The molecule has 0 radical (unpaired) electrons. The SMILES string of the molecule is CCC1CN(C(=O)c2cccc(F)c2)c2cc(C)c(C)cc2N1C(=O)O. The number of nitrogens with zero attached hydrogens (tertiary/aromatic N) is 2. The Bertz CT molecular complexity index is 881. The lowest BCUT2D eigenvalue weighted by molar-refractivity contribution is 0.0982. The van der Waals surface area contributed by atoms with Gasteiger partial charge >= 0.3 is 6.09 Å². The van der Waals surface area contributed by atoms with E-state index in [1.807, 2.05) is 26.8 Å². The minimum absolute atomic E-state index is 0.230. The molecule has 2 aromatic rings. The van der Waals surface area contributed by atoms with Gasteiger partial charge in [0.2, 0.25) is 0 Å². The van der Waals surface area contributed by atoms with Crippen LogP contribution in [0, 0.1) is 19.7 Å². The molecule has 3 rings (SSSR count). The van der Waals surface area contributed by atoms with Crippen molar-refractivity contribution in [3.05, 3.63) is 58.9 Å². The highest BCUT2D eigenvalue weighted by Crippen LogP contribution is 2.39. The number of amides is 2. The summed E-state index contributed by atoms with van der Waals surface area (Å²) in [7, 11) is 0. The first-order valence-corrected chi connectivity index (χ1v) is 8.54. The van der Waals surface area contributed by atoms with Gasteiger partial charge in [-0.25, -0.2) is 9.18 Å². The third kappa shape index (κ3) is 3.03. The highest BCUT2D eigenvalue weighted by atomic mass is 19.1. The van der Waals surface area contributed by atoms with E-state index in [-0.39, 0.29) is 24.1 Å². The monoisotopic (exact) mass is 356 g/mol. The van der Waals surface area contributed by atoms with Gasteiger partial charge in [0.15, 0.2) is 0 Å². The van der Waals surface area contributed by atoms with Gasteiger partial charge in [0.05, 0.1) is 17.4 Å². The largest absolute Gasteiger partial charge is 0.465 e. The van der Waals surface area contributed by atoms with Crippen LogP contribution >= 0.6 is 0 Å². The normalized spacial score (nSPS) is 16.4. The van der Waals surface area contributed by atoms with E-state index in [9.17, 15) is 19.1 Å². The number of benzene rings is 2. The first-order chi connectivity index (χ1) is 12.3. The average Bonchev–Trinajstić information content (AvgIpc) is 2.60. The first kappa shape index (κ1) is 17.9. The van der Waals surface area contributed by atoms with Gasteiger partial charge in [0, 0.05) is 12.1 Å². The highest BCUT2D eigenvalue weighted by Gasteiger charge is 2.37. The lowest BCUT2D eigenvalue weighted by Crippen LogP contribution is -2.52. The van der Waals surface area contributed by atoms with Crippen LogP contribution in [0.1, 0.15) is 34.8 Å². The minimum atomic E-state index is -1.04. The fourth-order valence-corrected chi connectivity index (χ4v) is 3.32. The number of anilines is 2. The molecule has 0 aromatic heterocycles. The number of carbonyl (C=O) groups excluding carboxylic acids is 1. The summed E-state index contributed by atoms with van der Waals surface area (Å²) in [5, 5.41) is 9.70. The highest BCUT2D eigenvalue weighted by molar-refractivity contribution is 6.10. The second kappa shape index (κ2) is 6.78. The second-order valence-corrected chi connectivity index (χ2v) is 6.57. The Kier molecular flexibility index (Phi) is 4.68. The molecule has 5 nitrogen and oxygen atoms in total. The van der Waals surface area contributed by atoms with E-state index in [0.29, 0.717) is 17.8 Å². The molecule has 6 heteroatoms. The molecular formula is C20H21FN2O3. The van der Waals surface area contributed by atoms with Gasteiger partial charge in [0.1, 0.15) is 5.82 Å². The summed E-state index contributed by atoms with van der Waals surface area (Å²) in [6.07, 6.45) is -0.481. The van der Waals surface area contributed by atoms with Crippen LogP contribution in [0.4, 0.5) is 20.6 Å². The number of fused-ring (bicyclic) bond motifs is 1. The van der Waals surface area contributed by atoms with Gasteiger partial charge in [-0.15, -0.1) is 0 Å². The van der Waals surface area contributed by atoms with Gasteiger partial charge < -0.3 is 10.0 Å². The molecular weight excluding hydrogens is 335 g/mol. The molecule has 1 unspecified atom stereocenters. The van der Waals surface area contributed by atoms with Crippen LogP contribution in [0.5, 0.6) is 0 Å². The van der Waals surface area contributed by atoms with Crippen LogP contribution in [0.25, 0.3) is 0 Å². The van der Waals surface area contributed by atoms with Crippen LogP contribution in [0.15, 0.2) is 36.4 Å². The molecule has 136 valence electrons. The Labute approximate surface area is 151 Å². The maximum absolute atomic E-state index is 13.6. The zero-order valence-corrected chi connectivity index (χ0v) is 15.0. The summed E-state index contributed by atoms with van der Waals surface area (Å²) in [6, 6.07) is 8.81. The van der Waals surface area contributed by atoms with Gasteiger partial charge in [0.25, 0.3) is 5.91 Å². The van der Waals surface area contributed by atoms with Gasteiger partial charge in [-0.3, -0.25) is 9.69 Å². The summed E-state index contributed by atoms with van der Waals surface area (Å²) in [5.41, 5.74) is 3.18. The Balaban J connectivity index is 2.15. The zero-order valence-electron chi connectivity index (χ0n) is 15.0. The van der Waals surface area contributed by atoms with Crippen molar-refractivity contribution in [3.8, 4) is 0 Å². The van der Waals surface area contributed by atoms with Crippen LogP contribution < -0.4 is 9.80 Å². The topological polar surface area (TPSA) is 60.9 Å². The van der Waals surface area contributed by atoms with E-state index in [4.69, 9.17) is 0 Å². The molecule has 2 amide bonds. The molecule has 1 atom stereocenters. The van der Waals surface area contributed by atoms with E-state index in [0.717, 1.165) is 11.1 Å². The Morgan fingerprint density at radius 2 is 1.81 bits per heavy atom. The van der Waals surface area contributed by atoms with Gasteiger partial charge in [-0.2, -0.15) is 0 Å². The molecule has 1 aliphatic heterocycles. The van der Waals surface area contributed by atoms with Crippen molar-refractivity contribution in [2.75, 3.05) is 16.3 Å². The number of carbonyl (C=O) groups is 2. The molecule has 26 heavy (non-hydrogen) atoms. The third-order valence-corrected chi connectivity index (χ3v) is 4.89. The quantitative estimate of drug-likeness (QED) is 0.869. The standard InChI is InChI=1S/C20H21FN2O3/c1-4-16-11-22(19(24)14-6-5-7-15(21)10-14)17-8-12(2)13(3)9-18(17)23(16)20(25)26/h5-10,16H,4,11H2,1-3H3,(H,25,26). The molecule has 2 aromatic carbocycles. The predicted octanol–water partition coefficient (Wildman–Crippen LogP) is 4.37. The smallest absolute Gasteiger partial charge is 0.412 e. The number of hydrogen-bond acceptors (Lipinski definition) is 2. The van der Waals surface area contributed by atoms with E-state index in [1.54, 1.807) is 17.0 Å². The van der Waals surface area contributed by atoms with Crippen LogP contribution in [-0.2, 0) is 0 Å². The average molecular weight is 356 g/mol. The fraction of sp³-hybridized carbons (Fsp3) is 0.300.